The molecule has 1 aromatic rings. The minimum absolute atomic E-state index is 0. The van der Waals surface area contributed by atoms with Crippen LogP contribution in [0.2, 0.25) is 0 Å². The van der Waals surface area contributed by atoms with Crippen LogP contribution in [0.4, 0.5) is 5.69 Å². The highest BCUT2D eigenvalue weighted by Crippen LogP contribution is 2.32. The second-order valence-corrected chi connectivity index (χ2v) is 6.48. The highest BCUT2D eigenvalue weighted by atomic mass is 35.5. The molecular weight excluding hydrogens is 328 g/mol. The standard InChI is InChI=1S/C18H26N2O3.ClH/c1-3-23-16(21)12-13-7-6-8-14(11-13)20-17(22)15-9-4-5-10-18(15,2)19;/h6-8,11,15H,3-5,9-10,12,19H2,1-2H3,(H,20,22);1H. The maximum atomic E-state index is 12.5. The van der Waals surface area contributed by atoms with Crippen molar-refractivity contribution in [2.75, 3.05) is 11.9 Å². The predicted octanol–water partition coefficient (Wildman–Crippen LogP) is 3.06. The number of esters is 1. The van der Waals surface area contributed by atoms with Crippen LogP contribution in [0.5, 0.6) is 0 Å². The molecule has 1 fully saturated rings. The topological polar surface area (TPSA) is 81.4 Å². The lowest BCUT2D eigenvalue weighted by molar-refractivity contribution is -0.142. The number of anilines is 1. The van der Waals surface area contributed by atoms with Crippen molar-refractivity contribution >= 4 is 30.0 Å². The van der Waals surface area contributed by atoms with Crippen LogP contribution >= 0.6 is 12.4 Å². The summed E-state index contributed by atoms with van der Waals surface area (Å²) in [5.74, 6) is -0.481. The van der Waals surface area contributed by atoms with Gasteiger partial charge in [-0.2, -0.15) is 0 Å². The zero-order chi connectivity index (χ0) is 16.9. The summed E-state index contributed by atoms with van der Waals surface area (Å²) in [4.78, 5) is 24.1. The Labute approximate surface area is 149 Å². The van der Waals surface area contributed by atoms with Crippen molar-refractivity contribution in [2.45, 2.75) is 51.5 Å². The second kappa shape index (κ2) is 9.04. The number of hydrogen-bond donors (Lipinski definition) is 2. The van der Waals surface area contributed by atoms with Gasteiger partial charge in [0, 0.05) is 11.2 Å². The van der Waals surface area contributed by atoms with E-state index in [9.17, 15) is 9.59 Å². The summed E-state index contributed by atoms with van der Waals surface area (Å²) < 4.78 is 4.95. The van der Waals surface area contributed by atoms with E-state index in [1.54, 1.807) is 6.92 Å². The highest BCUT2D eigenvalue weighted by Gasteiger charge is 2.37. The molecular formula is C18H27ClN2O3. The number of benzene rings is 1. The summed E-state index contributed by atoms with van der Waals surface area (Å²) in [6.45, 7) is 4.10. The van der Waals surface area contributed by atoms with Crippen LogP contribution in [-0.2, 0) is 20.7 Å². The van der Waals surface area contributed by atoms with Gasteiger partial charge >= 0.3 is 5.97 Å². The first-order valence-electron chi connectivity index (χ1n) is 8.26. The Balaban J connectivity index is 0.00000288. The Morgan fingerprint density at radius 1 is 1.38 bits per heavy atom. The summed E-state index contributed by atoms with van der Waals surface area (Å²) in [7, 11) is 0. The number of halogens is 1. The van der Waals surface area contributed by atoms with Crippen LogP contribution in [0.1, 0.15) is 45.1 Å². The molecule has 0 heterocycles. The van der Waals surface area contributed by atoms with Crippen LogP contribution in [0.3, 0.4) is 0 Å². The summed E-state index contributed by atoms with van der Waals surface area (Å²) >= 11 is 0. The summed E-state index contributed by atoms with van der Waals surface area (Å²) in [6, 6.07) is 7.31. The number of amides is 1. The molecule has 5 nitrogen and oxygen atoms in total. The highest BCUT2D eigenvalue weighted by molar-refractivity contribution is 5.93. The van der Waals surface area contributed by atoms with Gasteiger partial charge in [0.15, 0.2) is 0 Å². The Hall–Kier alpha value is -1.59. The monoisotopic (exact) mass is 354 g/mol. The molecule has 0 spiro atoms. The van der Waals surface area contributed by atoms with E-state index < -0.39 is 5.54 Å². The molecule has 2 atom stereocenters. The molecule has 2 unspecified atom stereocenters. The number of nitrogens with two attached hydrogens (primary N) is 1. The molecule has 1 amide bonds. The van der Waals surface area contributed by atoms with Gasteiger partial charge in [-0.05, 0) is 44.4 Å². The van der Waals surface area contributed by atoms with E-state index in [4.69, 9.17) is 10.5 Å². The lowest BCUT2D eigenvalue weighted by Crippen LogP contribution is -2.51. The second-order valence-electron chi connectivity index (χ2n) is 6.48. The summed E-state index contributed by atoms with van der Waals surface area (Å²) in [5.41, 5.74) is 7.34. The molecule has 1 aliphatic rings. The maximum Gasteiger partial charge on any atom is 0.310 e. The molecule has 0 aliphatic heterocycles. The van der Waals surface area contributed by atoms with Crippen LogP contribution in [0.25, 0.3) is 0 Å². The minimum atomic E-state index is -0.453. The lowest BCUT2D eigenvalue weighted by atomic mass is 9.74. The minimum Gasteiger partial charge on any atom is -0.466 e. The molecule has 2 rings (SSSR count). The molecule has 0 saturated heterocycles. The third kappa shape index (κ3) is 5.49. The average molecular weight is 355 g/mol. The van der Waals surface area contributed by atoms with Crippen LogP contribution in [0.15, 0.2) is 24.3 Å². The molecule has 6 heteroatoms. The van der Waals surface area contributed by atoms with Crippen molar-refractivity contribution < 1.29 is 14.3 Å². The van der Waals surface area contributed by atoms with Crippen LogP contribution in [0, 0.1) is 5.92 Å². The Kier molecular flexibility index (Phi) is 7.70. The van der Waals surface area contributed by atoms with Gasteiger partial charge in [0.1, 0.15) is 0 Å². The molecule has 1 saturated carbocycles. The van der Waals surface area contributed by atoms with Crippen molar-refractivity contribution in [2.24, 2.45) is 11.7 Å². The average Bonchev–Trinajstić information content (AvgIpc) is 2.47. The predicted molar refractivity (Wildman–Crippen MR) is 97.2 cm³/mol. The fourth-order valence-corrected chi connectivity index (χ4v) is 3.16. The number of rotatable bonds is 5. The quantitative estimate of drug-likeness (QED) is 0.796. The first-order chi connectivity index (χ1) is 10.9. The molecule has 24 heavy (non-hydrogen) atoms. The van der Waals surface area contributed by atoms with Crippen LogP contribution in [-0.4, -0.2) is 24.0 Å². The molecule has 3 N–H and O–H groups in total. The van der Waals surface area contributed by atoms with Gasteiger partial charge in [0.05, 0.1) is 18.9 Å². The van der Waals surface area contributed by atoms with E-state index in [2.05, 4.69) is 5.32 Å². The molecule has 134 valence electrons. The van der Waals surface area contributed by atoms with E-state index in [0.717, 1.165) is 31.2 Å². The van der Waals surface area contributed by atoms with Crippen LogP contribution < -0.4 is 11.1 Å². The van der Waals surface area contributed by atoms with Crippen molar-refractivity contribution in [3.8, 4) is 0 Å². The van der Waals surface area contributed by atoms with Crippen molar-refractivity contribution in [3.63, 3.8) is 0 Å². The molecule has 1 aromatic carbocycles. The number of nitrogens with one attached hydrogen (secondary N) is 1. The van der Waals surface area contributed by atoms with E-state index in [-0.39, 0.29) is 36.6 Å². The van der Waals surface area contributed by atoms with Gasteiger partial charge in [0.2, 0.25) is 5.91 Å². The molecule has 0 radical (unpaired) electrons. The largest absolute Gasteiger partial charge is 0.466 e. The Morgan fingerprint density at radius 3 is 2.79 bits per heavy atom. The van der Waals surface area contributed by atoms with Crippen molar-refractivity contribution in [3.05, 3.63) is 29.8 Å². The molecule has 0 bridgehead atoms. The Bertz CT molecular complexity index is 575. The van der Waals surface area contributed by atoms with Crippen molar-refractivity contribution in [1.29, 1.82) is 0 Å². The first kappa shape index (κ1) is 20.5. The van der Waals surface area contributed by atoms with Gasteiger partial charge in [-0.25, -0.2) is 0 Å². The number of carbonyl (C=O) groups is 2. The van der Waals surface area contributed by atoms with Gasteiger partial charge in [0.25, 0.3) is 0 Å². The maximum absolute atomic E-state index is 12.5. The third-order valence-electron chi connectivity index (χ3n) is 4.42. The fraction of sp³-hybridized carbons (Fsp3) is 0.556. The number of hydrogen-bond acceptors (Lipinski definition) is 4. The zero-order valence-electron chi connectivity index (χ0n) is 14.3. The third-order valence-corrected chi connectivity index (χ3v) is 4.42. The number of carbonyl (C=O) groups excluding carboxylic acids is 2. The molecule has 1 aliphatic carbocycles. The number of ether oxygens (including phenoxy) is 1. The van der Waals surface area contributed by atoms with Gasteiger partial charge in [-0.15, -0.1) is 12.4 Å². The first-order valence-corrected chi connectivity index (χ1v) is 8.26. The molecule has 0 aromatic heterocycles. The van der Waals surface area contributed by atoms with E-state index in [1.165, 1.54) is 0 Å². The SMILES string of the molecule is CCOC(=O)Cc1cccc(NC(=O)C2CCCCC2(C)N)c1.Cl. The van der Waals surface area contributed by atoms with Gasteiger partial charge < -0.3 is 15.8 Å². The van der Waals surface area contributed by atoms with E-state index in [1.807, 2.05) is 31.2 Å². The smallest absolute Gasteiger partial charge is 0.310 e. The Morgan fingerprint density at radius 2 is 2.12 bits per heavy atom. The lowest BCUT2D eigenvalue weighted by Gasteiger charge is -2.37. The van der Waals surface area contributed by atoms with Crippen molar-refractivity contribution in [1.82, 2.24) is 0 Å². The normalized spacial score (nSPS) is 23.0. The zero-order valence-corrected chi connectivity index (χ0v) is 15.2. The van der Waals surface area contributed by atoms with Gasteiger partial charge in [-0.1, -0.05) is 25.0 Å². The van der Waals surface area contributed by atoms with E-state index in [0.29, 0.717) is 12.3 Å². The van der Waals surface area contributed by atoms with E-state index >= 15 is 0 Å². The fourth-order valence-electron chi connectivity index (χ4n) is 3.16. The summed E-state index contributed by atoms with van der Waals surface area (Å²) in [5, 5.41) is 2.94. The summed E-state index contributed by atoms with van der Waals surface area (Å²) in [6.07, 6.45) is 4.00. The van der Waals surface area contributed by atoms with Gasteiger partial charge in [-0.3, -0.25) is 9.59 Å².